The summed E-state index contributed by atoms with van der Waals surface area (Å²) in [5, 5.41) is 13.8. The first-order valence-corrected chi connectivity index (χ1v) is 8.70. The van der Waals surface area contributed by atoms with E-state index in [1.165, 1.54) is 12.1 Å². The number of rotatable bonds is 7. The molecule has 1 fully saturated rings. The normalized spacial score (nSPS) is 18.3. The third-order valence-corrected chi connectivity index (χ3v) is 4.45. The maximum absolute atomic E-state index is 13.1. The summed E-state index contributed by atoms with van der Waals surface area (Å²) in [5.41, 5.74) is 0.832. The molecule has 1 heterocycles. The number of halogens is 1. The van der Waals surface area contributed by atoms with Crippen molar-refractivity contribution in [1.29, 1.82) is 0 Å². The number of likely N-dealkylation sites (tertiary alicyclic amines) is 1. The highest BCUT2D eigenvalue weighted by molar-refractivity contribution is 5.87. The van der Waals surface area contributed by atoms with Crippen molar-refractivity contribution in [1.82, 2.24) is 15.5 Å². The highest BCUT2D eigenvalue weighted by Crippen LogP contribution is 2.25. The minimum absolute atomic E-state index is 0.0222. The maximum Gasteiger partial charge on any atom is 0.315 e. The summed E-state index contributed by atoms with van der Waals surface area (Å²) in [5.74, 6) is -1.42. The van der Waals surface area contributed by atoms with Crippen LogP contribution in [0.5, 0.6) is 0 Å². The molecule has 7 nitrogen and oxygen atoms in total. The molecule has 1 aromatic carbocycles. The number of piperidine rings is 1. The van der Waals surface area contributed by atoms with E-state index in [1.54, 1.807) is 17.0 Å². The summed E-state index contributed by atoms with van der Waals surface area (Å²) in [4.78, 5) is 36.7. The third kappa shape index (κ3) is 5.44. The van der Waals surface area contributed by atoms with Gasteiger partial charge in [0.15, 0.2) is 0 Å². The molecular formula is C18H24FN3O4. The van der Waals surface area contributed by atoms with Crippen molar-refractivity contribution in [3.63, 3.8) is 0 Å². The Kier molecular flexibility index (Phi) is 6.94. The summed E-state index contributed by atoms with van der Waals surface area (Å²) >= 11 is 0. The van der Waals surface area contributed by atoms with Gasteiger partial charge in [0.1, 0.15) is 11.9 Å². The van der Waals surface area contributed by atoms with Gasteiger partial charge in [0, 0.05) is 19.5 Å². The summed E-state index contributed by atoms with van der Waals surface area (Å²) < 4.78 is 13.1. The monoisotopic (exact) mass is 365 g/mol. The Morgan fingerprint density at radius 2 is 2.04 bits per heavy atom. The van der Waals surface area contributed by atoms with Crippen LogP contribution < -0.4 is 10.6 Å². The topological polar surface area (TPSA) is 98.7 Å². The molecule has 1 aliphatic rings. The first kappa shape index (κ1) is 19.7. The number of amides is 3. The number of urea groups is 1. The van der Waals surface area contributed by atoms with Gasteiger partial charge in [-0.05, 0) is 43.9 Å². The van der Waals surface area contributed by atoms with Gasteiger partial charge in [0.05, 0.1) is 6.04 Å². The molecule has 0 aliphatic carbocycles. The van der Waals surface area contributed by atoms with Gasteiger partial charge in [-0.1, -0.05) is 12.1 Å². The van der Waals surface area contributed by atoms with E-state index in [9.17, 15) is 18.8 Å². The molecule has 1 aliphatic heterocycles. The molecule has 26 heavy (non-hydrogen) atoms. The molecule has 2 atom stereocenters. The predicted octanol–water partition coefficient (Wildman–Crippen LogP) is 2.04. The standard InChI is InChI=1S/C18H24FN3O4/c1-12(13-6-8-14(19)9-7-13)22-11-3-4-15(17(22)25)21-18(26)20-10-2-5-16(23)24/h6-9,12,15H,2-5,10-11H2,1H3,(H,23,24)(H2,20,21,26). The Morgan fingerprint density at radius 3 is 2.69 bits per heavy atom. The fraction of sp³-hybridized carbons (Fsp3) is 0.500. The number of carbonyl (C=O) groups is 3. The van der Waals surface area contributed by atoms with Gasteiger partial charge >= 0.3 is 12.0 Å². The number of carbonyl (C=O) groups excluding carboxylic acids is 2. The Labute approximate surface area is 151 Å². The number of aliphatic carboxylic acids is 1. The van der Waals surface area contributed by atoms with Gasteiger partial charge in [-0.25, -0.2) is 9.18 Å². The number of hydrogen-bond acceptors (Lipinski definition) is 3. The molecule has 0 aromatic heterocycles. The van der Waals surface area contributed by atoms with Crippen LogP contribution in [0.3, 0.4) is 0 Å². The Bertz CT molecular complexity index is 650. The molecule has 3 amide bonds. The number of carboxylic acids is 1. The van der Waals surface area contributed by atoms with Gasteiger partial charge in [-0.15, -0.1) is 0 Å². The molecule has 142 valence electrons. The minimum atomic E-state index is -0.917. The summed E-state index contributed by atoms with van der Waals surface area (Å²) in [6.07, 6.45) is 1.61. The van der Waals surface area contributed by atoms with Crippen LogP contribution in [0.2, 0.25) is 0 Å². The largest absolute Gasteiger partial charge is 0.481 e. The Hall–Kier alpha value is -2.64. The van der Waals surface area contributed by atoms with Crippen LogP contribution in [-0.2, 0) is 9.59 Å². The maximum atomic E-state index is 13.1. The van der Waals surface area contributed by atoms with E-state index in [0.717, 1.165) is 12.0 Å². The number of benzene rings is 1. The smallest absolute Gasteiger partial charge is 0.315 e. The molecule has 0 spiro atoms. The van der Waals surface area contributed by atoms with E-state index in [2.05, 4.69) is 10.6 Å². The quantitative estimate of drug-likeness (QED) is 0.644. The van der Waals surface area contributed by atoms with E-state index in [1.807, 2.05) is 6.92 Å². The van der Waals surface area contributed by atoms with E-state index >= 15 is 0 Å². The minimum Gasteiger partial charge on any atom is -0.481 e. The van der Waals surface area contributed by atoms with Crippen molar-refractivity contribution >= 4 is 17.9 Å². The summed E-state index contributed by atoms with van der Waals surface area (Å²) in [7, 11) is 0. The van der Waals surface area contributed by atoms with E-state index in [0.29, 0.717) is 19.4 Å². The Balaban J connectivity index is 1.89. The molecular weight excluding hydrogens is 341 g/mol. The van der Waals surface area contributed by atoms with Crippen LogP contribution >= 0.6 is 0 Å². The molecule has 2 unspecified atom stereocenters. The highest BCUT2D eigenvalue weighted by atomic mass is 19.1. The second kappa shape index (κ2) is 9.17. The van der Waals surface area contributed by atoms with Gasteiger partial charge in [0.2, 0.25) is 5.91 Å². The molecule has 0 radical (unpaired) electrons. The lowest BCUT2D eigenvalue weighted by Gasteiger charge is -2.37. The average molecular weight is 365 g/mol. The second-order valence-electron chi connectivity index (χ2n) is 6.35. The van der Waals surface area contributed by atoms with Crippen molar-refractivity contribution in [2.45, 2.75) is 44.7 Å². The van der Waals surface area contributed by atoms with Crippen LogP contribution in [0.1, 0.15) is 44.2 Å². The number of hydrogen-bond donors (Lipinski definition) is 3. The fourth-order valence-electron chi connectivity index (χ4n) is 2.99. The van der Waals surface area contributed by atoms with Crippen LogP contribution in [0.15, 0.2) is 24.3 Å². The lowest BCUT2D eigenvalue weighted by molar-refractivity contribution is -0.138. The first-order valence-electron chi connectivity index (χ1n) is 8.70. The molecule has 1 saturated heterocycles. The van der Waals surface area contributed by atoms with Crippen molar-refractivity contribution in [2.24, 2.45) is 0 Å². The highest BCUT2D eigenvalue weighted by Gasteiger charge is 2.32. The summed E-state index contributed by atoms with van der Waals surface area (Å²) in [6.45, 7) is 2.68. The van der Waals surface area contributed by atoms with Gasteiger partial charge < -0.3 is 20.6 Å². The molecule has 0 saturated carbocycles. The van der Waals surface area contributed by atoms with Gasteiger partial charge in [-0.2, -0.15) is 0 Å². The molecule has 2 rings (SSSR count). The fourth-order valence-corrected chi connectivity index (χ4v) is 2.99. The first-order chi connectivity index (χ1) is 12.4. The van der Waals surface area contributed by atoms with E-state index in [-0.39, 0.29) is 30.7 Å². The zero-order valence-electron chi connectivity index (χ0n) is 14.7. The third-order valence-electron chi connectivity index (χ3n) is 4.45. The van der Waals surface area contributed by atoms with Crippen LogP contribution in [0.25, 0.3) is 0 Å². The van der Waals surface area contributed by atoms with E-state index < -0.39 is 18.0 Å². The van der Waals surface area contributed by atoms with Crippen molar-refractivity contribution in [3.8, 4) is 0 Å². The average Bonchev–Trinajstić information content (AvgIpc) is 2.60. The molecule has 0 bridgehead atoms. The van der Waals surface area contributed by atoms with Crippen LogP contribution in [0.4, 0.5) is 9.18 Å². The van der Waals surface area contributed by atoms with Crippen LogP contribution in [0, 0.1) is 5.82 Å². The summed E-state index contributed by atoms with van der Waals surface area (Å²) in [6, 6.07) is 4.71. The lowest BCUT2D eigenvalue weighted by Crippen LogP contribution is -2.54. The van der Waals surface area contributed by atoms with Crippen LogP contribution in [-0.4, -0.2) is 47.0 Å². The van der Waals surface area contributed by atoms with Crippen molar-refractivity contribution in [3.05, 3.63) is 35.6 Å². The number of nitrogens with zero attached hydrogens (tertiary/aromatic N) is 1. The van der Waals surface area contributed by atoms with Gasteiger partial charge in [0.25, 0.3) is 0 Å². The molecule has 3 N–H and O–H groups in total. The second-order valence-corrected chi connectivity index (χ2v) is 6.35. The number of carboxylic acid groups (broad SMARTS) is 1. The zero-order chi connectivity index (χ0) is 19.1. The van der Waals surface area contributed by atoms with Crippen molar-refractivity contribution < 1.29 is 23.9 Å². The van der Waals surface area contributed by atoms with E-state index in [4.69, 9.17) is 5.11 Å². The zero-order valence-corrected chi connectivity index (χ0v) is 14.7. The van der Waals surface area contributed by atoms with Gasteiger partial charge in [-0.3, -0.25) is 9.59 Å². The SMILES string of the molecule is CC(c1ccc(F)cc1)N1CCCC(NC(=O)NCCCC(=O)O)C1=O. The molecule has 1 aromatic rings. The lowest BCUT2D eigenvalue weighted by atomic mass is 9.99. The predicted molar refractivity (Wildman–Crippen MR) is 93.0 cm³/mol. The number of nitrogens with one attached hydrogen (secondary N) is 2. The van der Waals surface area contributed by atoms with Crippen molar-refractivity contribution in [2.75, 3.05) is 13.1 Å². The Morgan fingerprint density at radius 1 is 1.35 bits per heavy atom. The molecule has 8 heteroatoms.